The molecule has 126 valence electrons. The molecule has 0 aliphatic carbocycles. The minimum absolute atomic E-state index is 0.0849. The number of benzene rings is 1. The molecule has 0 aromatic heterocycles. The molecular weight excluding hydrogens is 305 g/mol. The highest BCUT2D eigenvalue weighted by molar-refractivity contribution is 5.54. The number of rotatable bonds is 4. The smallest absolute Gasteiger partial charge is 0.381 e. The normalized spacial score (nSPS) is 18.4. The van der Waals surface area contributed by atoms with Crippen LogP contribution in [0.5, 0.6) is 0 Å². The lowest BCUT2D eigenvalue weighted by Crippen LogP contribution is -2.47. The fourth-order valence-corrected chi connectivity index (χ4v) is 2.72. The van der Waals surface area contributed by atoms with Crippen LogP contribution in [-0.2, 0) is 6.18 Å². The molecule has 23 heavy (non-hydrogen) atoms. The van der Waals surface area contributed by atoms with Crippen molar-refractivity contribution in [2.75, 3.05) is 45.1 Å². The van der Waals surface area contributed by atoms with Gasteiger partial charge < -0.3 is 10.2 Å². The lowest BCUT2D eigenvalue weighted by Gasteiger charge is -2.34. The largest absolute Gasteiger partial charge is 0.417 e. The first kappa shape index (κ1) is 17.6. The topological polar surface area (TPSA) is 42.3 Å². The van der Waals surface area contributed by atoms with Crippen molar-refractivity contribution in [2.45, 2.75) is 19.1 Å². The summed E-state index contributed by atoms with van der Waals surface area (Å²) in [6.07, 6.45) is -4.50. The van der Waals surface area contributed by atoms with Crippen molar-refractivity contribution in [3.63, 3.8) is 0 Å². The number of nitriles is 1. The minimum atomic E-state index is -4.50. The van der Waals surface area contributed by atoms with E-state index in [1.807, 2.05) is 6.92 Å². The molecule has 1 heterocycles. The summed E-state index contributed by atoms with van der Waals surface area (Å²) in [4.78, 5) is 4.59. The van der Waals surface area contributed by atoms with Gasteiger partial charge >= 0.3 is 6.18 Å². The summed E-state index contributed by atoms with van der Waals surface area (Å²) >= 11 is 0. The highest BCUT2D eigenvalue weighted by Crippen LogP contribution is 2.33. The van der Waals surface area contributed by atoms with Crippen LogP contribution in [0.3, 0.4) is 0 Å². The summed E-state index contributed by atoms with van der Waals surface area (Å²) in [5.74, 6) is 0. The molecule has 4 nitrogen and oxygen atoms in total. The van der Waals surface area contributed by atoms with Gasteiger partial charge in [0, 0.05) is 44.5 Å². The summed E-state index contributed by atoms with van der Waals surface area (Å²) in [5, 5.41) is 12.1. The van der Waals surface area contributed by atoms with Crippen LogP contribution in [0.4, 0.5) is 18.9 Å². The van der Waals surface area contributed by atoms with Crippen LogP contribution in [0.25, 0.3) is 0 Å². The van der Waals surface area contributed by atoms with Crippen molar-refractivity contribution < 1.29 is 13.2 Å². The molecule has 0 bridgehead atoms. The molecule has 1 saturated heterocycles. The second-order valence-electron chi connectivity index (χ2n) is 6.02. The van der Waals surface area contributed by atoms with Gasteiger partial charge in [-0.15, -0.1) is 0 Å². The highest BCUT2D eigenvalue weighted by Gasteiger charge is 2.33. The second kappa shape index (κ2) is 7.20. The highest BCUT2D eigenvalue weighted by atomic mass is 19.4. The lowest BCUT2D eigenvalue weighted by atomic mass is 10.1. The molecule has 0 unspecified atom stereocenters. The van der Waals surface area contributed by atoms with E-state index in [0.29, 0.717) is 5.69 Å². The van der Waals surface area contributed by atoms with E-state index in [4.69, 9.17) is 5.26 Å². The van der Waals surface area contributed by atoms with Gasteiger partial charge in [-0.1, -0.05) is 0 Å². The first-order chi connectivity index (χ1) is 10.8. The van der Waals surface area contributed by atoms with Gasteiger partial charge in [0.15, 0.2) is 0 Å². The Balaban J connectivity index is 1.98. The molecule has 0 saturated carbocycles. The minimum Gasteiger partial charge on any atom is -0.381 e. The number of hydrogen-bond donors (Lipinski definition) is 1. The van der Waals surface area contributed by atoms with E-state index in [9.17, 15) is 13.2 Å². The Morgan fingerprint density at radius 2 is 1.91 bits per heavy atom. The second-order valence-corrected chi connectivity index (χ2v) is 6.02. The number of anilines is 1. The van der Waals surface area contributed by atoms with E-state index in [2.05, 4.69) is 22.2 Å². The molecule has 1 aromatic rings. The molecule has 1 N–H and O–H groups in total. The van der Waals surface area contributed by atoms with Gasteiger partial charge in [-0.05, 0) is 32.2 Å². The molecule has 2 rings (SSSR count). The maximum absolute atomic E-state index is 12.8. The van der Waals surface area contributed by atoms with Crippen LogP contribution in [0, 0.1) is 11.3 Å². The van der Waals surface area contributed by atoms with Gasteiger partial charge in [0.05, 0.1) is 17.2 Å². The zero-order valence-electron chi connectivity index (χ0n) is 13.3. The SMILES string of the molecule is C[C@H](CN1CCN(C)CC1)Nc1ccc(C(F)(F)F)c(C#N)c1. The van der Waals surface area contributed by atoms with E-state index in [1.165, 1.54) is 12.1 Å². The Labute approximate surface area is 134 Å². The number of halogens is 3. The van der Waals surface area contributed by atoms with Crippen LogP contribution in [0.15, 0.2) is 18.2 Å². The molecule has 1 fully saturated rings. The van der Waals surface area contributed by atoms with Crippen molar-refractivity contribution in [3.8, 4) is 6.07 Å². The van der Waals surface area contributed by atoms with E-state index < -0.39 is 11.7 Å². The third-order valence-electron chi connectivity index (χ3n) is 3.99. The van der Waals surface area contributed by atoms with E-state index in [1.54, 1.807) is 6.07 Å². The Morgan fingerprint density at radius 3 is 2.48 bits per heavy atom. The Kier molecular flexibility index (Phi) is 5.50. The number of alkyl halides is 3. The summed E-state index contributed by atoms with van der Waals surface area (Å²) in [5.41, 5.74) is -0.706. The van der Waals surface area contributed by atoms with Gasteiger partial charge in [-0.2, -0.15) is 18.4 Å². The molecule has 1 aliphatic rings. The molecule has 0 radical (unpaired) electrons. The van der Waals surface area contributed by atoms with Crippen LogP contribution in [-0.4, -0.2) is 55.6 Å². The third-order valence-corrected chi connectivity index (χ3v) is 3.99. The molecule has 0 spiro atoms. The van der Waals surface area contributed by atoms with Crippen LogP contribution in [0.1, 0.15) is 18.1 Å². The van der Waals surface area contributed by atoms with Crippen molar-refractivity contribution in [3.05, 3.63) is 29.3 Å². The molecule has 1 atom stereocenters. The maximum atomic E-state index is 12.8. The van der Waals surface area contributed by atoms with E-state index in [0.717, 1.165) is 38.8 Å². The monoisotopic (exact) mass is 326 g/mol. The van der Waals surface area contributed by atoms with Gasteiger partial charge in [0.25, 0.3) is 0 Å². The molecule has 7 heteroatoms. The summed E-state index contributed by atoms with van der Waals surface area (Å²) in [6, 6.07) is 5.32. The van der Waals surface area contributed by atoms with E-state index >= 15 is 0 Å². The fourth-order valence-electron chi connectivity index (χ4n) is 2.72. The Hall–Kier alpha value is -1.78. The van der Waals surface area contributed by atoms with Crippen molar-refractivity contribution in [1.29, 1.82) is 5.26 Å². The molecule has 0 amide bonds. The average Bonchev–Trinajstić information content (AvgIpc) is 2.48. The number of likely N-dealkylation sites (N-methyl/N-ethyl adjacent to an activating group) is 1. The first-order valence-corrected chi connectivity index (χ1v) is 7.58. The van der Waals surface area contributed by atoms with Crippen LogP contribution in [0.2, 0.25) is 0 Å². The zero-order chi connectivity index (χ0) is 17.0. The van der Waals surface area contributed by atoms with E-state index in [-0.39, 0.29) is 11.6 Å². The molecular formula is C16H21F3N4. The maximum Gasteiger partial charge on any atom is 0.417 e. The predicted octanol–water partition coefficient (Wildman–Crippen LogP) is 2.62. The Morgan fingerprint density at radius 1 is 1.26 bits per heavy atom. The van der Waals surface area contributed by atoms with Gasteiger partial charge in [-0.25, -0.2) is 0 Å². The number of hydrogen-bond acceptors (Lipinski definition) is 4. The number of nitrogens with zero attached hydrogens (tertiary/aromatic N) is 3. The van der Waals surface area contributed by atoms with Crippen LogP contribution >= 0.6 is 0 Å². The average molecular weight is 326 g/mol. The Bertz CT molecular complexity index is 572. The van der Waals surface area contributed by atoms with Crippen molar-refractivity contribution >= 4 is 5.69 Å². The zero-order valence-corrected chi connectivity index (χ0v) is 13.3. The standard InChI is InChI=1S/C16H21F3N4/c1-12(11-23-7-5-22(2)6-8-23)21-14-3-4-15(16(17,18)19)13(9-14)10-20/h3-4,9,12,21H,5-8,11H2,1-2H3/t12-/m1/s1. The van der Waals surface area contributed by atoms with Crippen LogP contribution < -0.4 is 5.32 Å². The van der Waals surface area contributed by atoms with Gasteiger partial charge in [0.1, 0.15) is 0 Å². The number of nitrogens with one attached hydrogen (secondary N) is 1. The molecule has 1 aromatic carbocycles. The third kappa shape index (κ3) is 4.85. The van der Waals surface area contributed by atoms with Gasteiger partial charge in [0.2, 0.25) is 0 Å². The predicted molar refractivity (Wildman–Crippen MR) is 83.2 cm³/mol. The first-order valence-electron chi connectivity index (χ1n) is 7.58. The number of piperazine rings is 1. The lowest BCUT2D eigenvalue weighted by molar-refractivity contribution is -0.137. The van der Waals surface area contributed by atoms with Crippen molar-refractivity contribution in [2.24, 2.45) is 0 Å². The van der Waals surface area contributed by atoms with Crippen molar-refractivity contribution in [1.82, 2.24) is 9.80 Å². The summed E-state index contributed by atoms with van der Waals surface area (Å²) in [7, 11) is 2.09. The van der Waals surface area contributed by atoms with Gasteiger partial charge in [-0.3, -0.25) is 4.90 Å². The quantitative estimate of drug-likeness (QED) is 0.924. The fraction of sp³-hybridized carbons (Fsp3) is 0.562. The summed E-state index contributed by atoms with van der Waals surface area (Å²) < 4.78 is 38.4. The molecule has 1 aliphatic heterocycles. The summed E-state index contributed by atoms with van der Waals surface area (Å²) in [6.45, 7) is 6.81.